The second-order valence-electron chi connectivity index (χ2n) is 2.78. The molecule has 1 aromatic carbocycles. The van der Waals surface area contributed by atoms with Crippen LogP contribution in [0.25, 0.3) is 10.2 Å². The van der Waals surface area contributed by atoms with Crippen molar-refractivity contribution in [2.75, 3.05) is 5.33 Å². The zero-order chi connectivity index (χ0) is 10.1. The molecule has 0 N–H and O–H groups in total. The first kappa shape index (κ1) is 10.9. The number of fused-ring (bicyclic) bond motifs is 1. The molecule has 74 valence electrons. The Morgan fingerprint density at radius 2 is 2.21 bits per heavy atom. The highest BCUT2D eigenvalue weighted by atomic mass is 79.9. The minimum absolute atomic E-state index is 0.749. The molecule has 0 saturated carbocycles. The number of aryl methyl sites for hydroxylation is 1. The van der Waals surface area contributed by atoms with Crippen LogP contribution in [0, 0.1) is 0 Å². The summed E-state index contributed by atoms with van der Waals surface area (Å²) in [5.74, 6) is 0. The lowest BCUT2D eigenvalue weighted by Crippen LogP contribution is -1.82. The Balaban J connectivity index is 2.58. The fourth-order valence-electron chi connectivity index (χ4n) is 1.19. The predicted molar refractivity (Wildman–Crippen MR) is 69.8 cm³/mol. The van der Waals surface area contributed by atoms with Crippen molar-refractivity contribution in [3.05, 3.63) is 26.6 Å². The van der Waals surface area contributed by atoms with Crippen LogP contribution < -0.4 is 0 Å². The smallest absolute Gasteiger partial charge is 0.0958 e. The van der Waals surface area contributed by atoms with Crippen LogP contribution >= 0.6 is 54.8 Å². The number of aromatic nitrogens is 1. The molecule has 0 amide bonds. The van der Waals surface area contributed by atoms with E-state index in [9.17, 15) is 0 Å². The summed E-state index contributed by atoms with van der Waals surface area (Å²) in [6.45, 7) is 0. The summed E-state index contributed by atoms with van der Waals surface area (Å²) in [6.07, 6.45) is 0.962. The average molecular weight is 355 g/mol. The third-order valence-electron chi connectivity index (χ3n) is 1.77. The number of alkyl halides is 1. The highest BCUT2D eigenvalue weighted by Crippen LogP contribution is 2.31. The van der Waals surface area contributed by atoms with Gasteiger partial charge in [0.05, 0.1) is 15.2 Å². The van der Waals surface area contributed by atoms with Crippen LogP contribution in [0.4, 0.5) is 0 Å². The largest absolute Gasteiger partial charge is 0.240 e. The van der Waals surface area contributed by atoms with Crippen molar-refractivity contribution < 1.29 is 0 Å². The highest BCUT2D eigenvalue weighted by Gasteiger charge is 2.07. The Hall–Kier alpha value is 0.360. The van der Waals surface area contributed by atoms with Crippen LogP contribution in [-0.4, -0.2) is 10.3 Å². The fourth-order valence-corrected chi connectivity index (χ4v) is 3.96. The quantitative estimate of drug-likeness (QED) is 0.715. The molecule has 2 rings (SSSR count). The standard InChI is InChI=1S/C9H6Br2ClNS/c10-2-1-8-13-9-6(11)3-5(12)4-7(9)14-8/h3-4H,1-2H2. The molecular weight excluding hydrogens is 349 g/mol. The summed E-state index contributed by atoms with van der Waals surface area (Å²) in [7, 11) is 0. The number of halogens is 3. The van der Waals surface area contributed by atoms with Gasteiger partial charge in [-0.15, -0.1) is 11.3 Å². The van der Waals surface area contributed by atoms with Crippen molar-refractivity contribution in [3.8, 4) is 0 Å². The lowest BCUT2D eigenvalue weighted by molar-refractivity contribution is 1.13. The Labute approximate surface area is 108 Å². The Morgan fingerprint density at radius 3 is 2.93 bits per heavy atom. The SMILES string of the molecule is Clc1cc(Br)c2nc(CCBr)sc2c1. The molecule has 0 saturated heterocycles. The van der Waals surface area contributed by atoms with Gasteiger partial charge in [0.2, 0.25) is 0 Å². The van der Waals surface area contributed by atoms with Gasteiger partial charge in [0, 0.05) is 21.2 Å². The molecule has 0 aliphatic rings. The van der Waals surface area contributed by atoms with Gasteiger partial charge in [-0.3, -0.25) is 0 Å². The maximum Gasteiger partial charge on any atom is 0.0958 e. The van der Waals surface area contributed by atoms with Crippen LogP contribution in [0.15, 0.2) is 16.6 Å². The average Bonchev–Trinajstić information content (AvgIpc) is 2.48. The second-order valence-corrected chi connectivity index (χ2v) is 5.98. The van der Waals surface area contributed by atoms with E-state index in [0.29, 0.717) is 0 Å². The van der Waals surface area contributed by atoms with Crippen molar-refractivity contribution in [1.29, 1.82) is 0 Å². The number of rotatable bonds is 2. The number of hydrogen-bond acceptors (Lipinski definition) is 2. The summed E-state index contributed by atoms with van der Waals surface area (Å²) in [5, 5.41) is 2.83. The van der Waals surface area contributed by atoms with Gasteiger partial charge >= 0.3 is 0 Å². The monoisotopic (exact) mass is 353 g/mol. The van der Waals surface area contributed by atoms with Gasteiger partial charge in [-0.2, -0.15) is 0 Å². The number of hydrogen-bond donors (Lipinski definition) is 0. The van der Waals surface area contributed by atoms with Gasteiger partial charge in [0.25, 0.3) is 0 Å². The Bertz CT molecular complexity index is 469. The van der Waals surface area contributed by atoms with E-state index in [1.165, 1.54) is 0 Å². The Morgan fingerprint density at radius 1 is 1.43 bits per heavy atom. The van der Waals surface area contributed by atoms with Crippen LogP contribution in [0.2, 0.25) is 5.02 Å². The molecule has 1 aromatic heterocycles. The van der Waals surface area contributed by atoms with Crippen LogP contribution in [0.5, 0.6) is 0 Å². The zero-order valence-corrected chi connectivity index (χ0v) is 11.8. The van der Waals surface area contributed by atoms with E-state index in [4.69, 9.17) is 11.6 Å². The van der Waals surface area contributed by atoms with Gasteiger partial charge in [0.15, 0.2) is 0 Å². The highest BCUT2D eigenvalue weighted by molar-refractivity contribution is 9.10. The molecule has 5 heteroatoms. The molecule has 14 heavy (non-hydrogen) atoms. The van der Waals surface area contributed by atoms with Crippen LogP contribution in [0.3, 0.4) is 0 Å². The molecular formula is C9H6Br2ClNS. The molecule has 0 aliphatic heterocycles. The summed E-state index contributed by atoms with van der Waals surface area (Å²) in [4.78, 5) is 4.53. The van der Waals surface area contributed by atoms with E-state index in [1.54, 1.807) is 11.3 Å². The molecule has 0 radical (unpaired) electrons. The van der Waals surface area contributed by atoms with Crippen LogP contribution in [-0.2, 0) is 6.42 Å². The van der Waals surface area contributed by atoms with E-state index in [2.05, 4.69) is 36.8 Å². The van der Waals surface area contributed by atoms with Gasteiger partial charge in [-0.25, -0.2) is 4.98 Å². The fraction of sp³-hybridized carbons (Fsp3) is 0.222. The van der Waals surface area contributed by atoms with E-state index in [-0.39, 0.29) is 0 Å². The first-order chi connectivity index (χ1) is 6.70. The maximum atomic E-state index is 5.95. The first-order valence-corrected chi connectivity index (χ1v) is 7.12. The van der Waals surface area contributed by atoms with Crippen molar-refractivity contribution in [1.82, 2.24) is 4.98 Å². The second kappa shape index (κ2) is 4.47. The summed E-state index contributed by atoms with van der Waals surface area (Å²) in [6, 6.07) is 3.83. The molecule has 0 fully saturated rings. The van der Waals surface area contributed by atoms with E-state index in [1.807, 2.05) is 12.1 Å². The lowest BCUT2D eigenvalue weighted by atomic mass is 10.3. The maximum absolute atomic E-state index is 5.95. The minimum atomic E-state index is 0.749. The van der Waals surface area contributed by atoms with Gasteiger partial charge < -0.3 is 0 Å². The molecule has 0 atom stereocenters. The molecule has 1 heterocycles. The third-order valence-corrected chi connectivity index (χ3v) is 4.05. The van der Waals surface area contributed by atoms with Crippen molar-refractivity contribution in [3.63, 3.8) is 0 Å². The van der Waals surface area contributed by atoms with Gasteiger partial charge in [0.1, 0.15) is 0 Å². The summed E-state index contributed by atoms with van der Waals surface area (Å²) in [5.41, 5.74) is 1.01. The van der Waals surface area contributed by atoms with E-state index < -0.39 is 0 Å². The molecule has 0 bridgehead atoms. The topological polar surface area (TPSA) is 12.9 Å². The van der Waals surface area contributed by atoms with Crippen molar-refractivity contribution in [2.24, 2.45) is 0 Å². The van der Waals surface area contributed by atoms with Crippen LogP contribution in [0.1, 0.15) is 5.01 Å². The van der Waals surface area contributed by atoms with Gasteiger partial charge in [-0.1, -0.05) is 27.5 Å². The summed E-state index contributed by atoms with van der Waals surface area (Å²) < 4.78 is 2.11. The first-order valence-electron chi connectivity index (χ1n) is 4.01. The van der Waals surface area contributed by atoms with Crippen molar-refractivity contribution in [2.45, 2.75) is 6.42 Å². The van der Waals surface area contributed by atoms with E-state index >= 15 is 0 Å². The minimum Gasteiger partial charge on any atom is -0.240 e. The summed E-state index contributed by atoms with van der Waals surface area (Å²) >= 11 is 14.5. The van der Waals surface area contributed by atoms with Crippen molar-refractivity contribution >= 4 is 65.0 Å². The van der Waals surface area contributed by atoms with Gasteiger partial charge in [-0.05, 0) is 28.1 Å². The number of nitrogens with zero attached hydrogens (tertiary/aromatic N) is 1. The number of thiazole rings is 1. The van der Waals surface area contributed by atoms with E-state index in [0.717, 1.165) is 36.5 Å². The zero-order valence-electron chi connectivity index (χ0n) is 7.06. The number of benzene rings is 1. The third kappa shape index (κ3) is 2.13. The predicted octanol–water partition coefficient (Wildman–Crippen LogP) is 4.65. The molecule has 1 nitrogen and oxygen atoms in total. The molecule has 0 spiro atoms. The molecule has 0 unspecified atom stereocenters. The lowest BCUT2D eigenvalue weighted by Gasteiger charge is -1.92. The molecule has 0 aliphatic carbocycles. The Kier molecular flexibility index (Phi) is 3.47. The normalized spacial score (nSPS) is 11.1. The molecule has 2 aromatic rings.